The van der Waals surface area contributed by atoms with E-state index in [9.17, 15) is 13.2 Å². The molecule has 0 aromatic carbocycles. The molecule has 2 atom stereocenters. The van der Waals surface area contributed by atoms with Gasteiger partial charge < -0.3 is 5.32 Å². The molecule has 0 amide bonds. The number of hydrogen-bond donors (Lipinski definition) is 1. The lowest BCUT2D eigenvalue weighted by Gasteiger charge is -2.38. The Morgan fingerprint density at radius 1 is 1.21 bits per heavy atom. The number of alkyl halides is 3. The molecule has 1 nitrogen and oxygen atoms in total. The van der Waals surface area contributed by atoms with E-state index in [-0.39, 0.29) is 0 Å². The third-order valence-corrected chi connectivity index (χ3v) is 2.93. The molecule has 4 heteroatoms. The van der Waals surface area contributed by atoms with E-state index in [4.69, 9.17) is 0 Å². The Morgan fingerprint density at radius 3 is 2.00 bits per heavy atom. The summed E-state index contributed by atoms with van der Waals surface area (Å²) in [6, 6.07) is 0. The normalized spacial score (nSPS) is 19.1. The van der Waals surface area contributed by atoms with Gasteiger partial charge in [-0.2, -0.15) is 13.2 Å². The number of halogens is 3. The Kier molecular flexibility index (Phi) is 4.92. The van der Waals surface area contributed by atoms with E-state index >= 15 is 0 Å². The average Bonchev–Trinajstić information content (AvgIpc) is 2.10. The maximum absolute atomic E-state index is 12.8. The molecule has 0 rings (SSSR count). The topological polar surface area (TPSA) is 12.0 Å². The van der Waals surface area contributed by atoms with Crippen LogP contribution >= 0.6 is 0 Å². The summed E-state index contributed by atoms with van der Waals surface area (Å²) in [6.07, 6.45) is -2.95. The van der Waals surface area contributed by atoms with Gasteiger partial charge in [0.15, 0.2) is 0 Å². The van der Waals surface area contributed by atoms with Gasteiger partial charge in [-0.15, -0.1) is 0 Å². The summed E-state index contributed by atoms with van der Waals surface area (Å²) in [5.74, 6) is -0.408. The van der Waals surface area contributed by atoms with Crippen LogP contribution in [-0.2, 0) is 0 Å². The van der Waals surface area contributed by atoms with Crippen LogP contribution < -0.4 is 5.32 Å². The van der Waals surface area contributed by atoms with Gasteiger partial charge in [0.25, 0.3) is 0 Å². The highest BCUT2D eigenvalue weighted by atomic mass is 19.4. The van der Waals surface area contributed by atoms with Crippen molar-refractivity contribution in [1.82, 2.24) is 5.32 Å². The SMILES string of the molecule is CCCNC(C)(C(C)CC)C(F)(F)F. The zero-order chi connectivity index (χ0) is 11.4. The average molecular weight is 211 g/mol. The number of rotatable bonds is 5. The van der Waals surface area contributed by atoms with Crippen molar-refractivity contribution in [2.75, 3.05) is 6.54 Å². The van der Waals surface area contributed by atoms with E-state index < -0.39 is 17.6 Å². The second-order valence-electron chi connectivity index (χ2n) is 3.94. The zero-order valence-electron chi connectivity index (χ0n) is 9.33. The lowest BCUT2D eigenvalue weighted by Crippen LogP contribution is -2.58. The second-order valence-corrected chi connectivity index (χ2v) is 3.94. The van der Waals surface area contributed by atoms with Crippen molar-refractivity contribution in [3.8, 4) is 0 Å². The van der Waals surface area contributed by atoms with Gasteiger partial charge in [-0.3, -0.25) is 0 Å². The first-order valence-electron chi connectivity index (χ1n) is 5.11. The minimum atomic E-state index is -4.18. The highest BCUT2D eigenvalue weighted by molar-refractivity contribution is 4.94. The van der Waals surface area contributed by atoms with Crippen LogP contribution in [0, 0.1) is 5.92 Å². The molecule has 0 aromatic heterocycles. The molecule has 0 aliphatic heterocycles. The Hall–Kier alpha value is -0.250. The van der Waals surface area contributed by atoms with Crippen molar-refractivity contribution >= 4 is 0 Å². The van der Waals surface area contributed by atoms with Crippen molar-refractivity contribution in [1.29, 1.82) is 0 Å². The minimum Gasteiger partial charge on any atom is -0.304 e. The third-order valence-electron chi connectivity index (χ3n) is 2.93. The summed E-state index contributed by atoms with van der Waals surface area (Å²) in [5.41, 5.74) is -1.75. The largest absolute Gasteiger partial charge is 0.406 e. The summed E-state index contributed by atoms with van der Waals surface area (Å²) in [5, 5.41) is 2.61. The van der Waals surface area contributed by atoms with Crippen molar-refractivity contribution in [2.24, 2.45) is 5.92 Å². The highest BCUT2D eigenvalue weighted by Gasteiger charge is 2.53. The molecule has 0 spiro atoms. The molecule has 0 saturated heterocycles. The molecular formula is C10H20F3N. The fourth-order valence-electron chi connectivity index (χ4n) is 1.35. The molecule has 0 bridgehead atoms. The monoisotopic (exact) mass is 211 g/mol. The van der Waals surface area contributed by atoms with E-state index in [1.807, 2.05) is 6.92 Å². The molecule has 0 aliphatic carbocycles. The smallest absolute Gasteiger partial charge is 0.304 e. The third kappa shape index (κ3) is 2.87. The van der Waals surface area contributed by atoms with E-state index in [0.717, 1.165) is 0 Å². The van der Waals surface area contributed by atoms with Crippen LogP contribution in [0.5, 0.6) is 0 Å². The van der Waals surface area contributed by atoms with Crippen LogP contribution in [0.3, 0.4) is 0 Å². The van der Waals surface area contributed by atoms with Crippen molar-refractivity contribution in [2.45, 2.75) is 52.3 Å². The van der Waals surface area contributed by atoms with Crippen LogP contribution in [-0.4, -0.2) is 18.3 Å². The van der Waals surface area contributed by atoms with Gasteiger partial charge in [-0.05, 0) is 25.8 Å². The lowest BCUT2D eigenvalue weighted by atomic mass is 9.84. The molecule has 0 heterocycles. The number of nitrogens with one attached hydrogen (secondary N) is 1. The summed E-state index contributed by atoms with van der Waals surface area (Å²) >= 11 is 0. The van der Waals surface area contributed by atoms with Crippen molar-refractivity contribution in [3.05, 3.63) is 0 Å². The van der Waals surface area contributed by atoms with Gasteiger partial charge >= 0.3 is 6.18 Å². The first-order chi connectivity index (χ1) is 6.29. The molecule has 0 saturated carbocycles. The van der Waals surface area contributed by atoms with Crippen LogP contribution in [0.15, 0.2) is 0 Å². The molecule has 0 fully saturated rings. The van der Waals surface area contributed by atoms with Gasteiger partial charge in [0.1, 0.15) is 5.54 Å². The summed E-state index contributed by atoms with van der Waals surface area (Å²) in [4.78, 5) is 0. The predicted octanol–water partition coefficient (Wildman–Crippen LogP) is 3.35. The fraction of sp³-hybridized carbons (Fsp3) is 1.00. The van der Waals surface area contributed by atoms with Gasteiger partial charge in [0.2, 0.25) is 0 Å². The molecule has 1 N–H and O–H groups in total. The molecule has 0 aromatic rings. The first-order valence-corrected chi connectivity index (χ1v) is 5.11. The summed E-state index contributed by atoms with van der Waals surface area (Å²) in [7, 11) is 0. The van der Waals surface area contributed by atoms with Crippen molar-refractivity contribution < 1.29 is 13.2 Å². The molecular weight excluding hydrogens is 191 g/mol. The zero-order valence-corrected chi connectivity index (χ0v) is 9.33. The molecule has 2 unspecified atom stereocenters. The quantitative estimate of drug-likeness (QED) is 0.735. The summed E-state index contributed by atoms with van der Waals surface area (Å²) in [6.45, 7) is 6.93. The van der Waals surface area contributed by atoms with Crippen LogP contribution in [0.1, 0.15) is 40.5 Å². The maximum atomic E-state index is 12.8. The van der Waals surface area contributed by atoms with Crippen LogP contribution in [0.2, 0.25) is 0 Å². The first kappa shape index (κ1) is 13.8. The van der Waals surface area contributed by atoms with E-state index in [1.165, 1.54) is 6.92 Å². The Labute approximate surface area is 84.1 Å². The standard InChI is InChI=1S/C10H20F3N/c1-5-7-14-9(4,8(3)6-2)10(11,12)13/h8,14H,5-7H2,1-4H3. The number of hydrogen-bond acceptors (Lipinski definition) is 1. The van der Waals surface area contributed by atoms with Gasteiger partial charge in [-0.1, -0.05) is 27.2 Å². The fourth-order valence-corrected chi connectivity index (χ4v) is 1.35. The Morgan fingerprint density at radius 2 is 1.71 bits per heavy atom. The van der Waals surface area contributed by atoms with E-state index in [0.29, 0.717) is 19.4 Å². The highest BCUT2D eigenvalue weighted by Crippen LogP contribution is 2.37. The molecule has 0 radical (unpaired) electrons. The van der Waals surface area contributed by atoms with E-state index in [1.54, 1.807) is 13.8 Å². The van der Waals surface area contributed by atoms with Gasteiger partial charge in [0, 0.05) is 0 Å². The van der Waals surface area contributed by atoms with Crippen LogP contribution in [0.25, 0.3) is 0 Å². The maximum Gasteiger partial charge on any atom is 0.406 e. The Bertz CT molecular complexity index is 167. The minimum absolute atomic E-state index is 0.403. The Balaban J connectivity index is 4.67. The molecule has 0 aliphatic rings. The van der Waals surface area contributed by atoms with Crippen LogP contribution in [0.4, 0.5) is 13.2 Å². The van der Waals surface area contributed by atoms with Gasteiger partial charge in [0.05, 0.1) is 0 Å². The van der Waals surface area contributed by atoms with Crippen molar-refractivity contribution in [3.63, 3.8) is 0 Å². The molecule has 86 valence electrons. The lowest BCUT2D eigenvalue weighted by molar-refractivity contribution is -0.205. The predicted molar refractivity (Wildman–Crippen MR) is 52.2 cm³/mol. The van der Waals surface area contributed by atoms with E-state index in [2.05, 4.69) is 5.32 Å². The summed E-state index contributed by atoms with van der Waals surface area (Å²) < 4.78 is 38.4. The molecule has 14 heavy (non-hydrogen) atoms. The van der Waals surface area contributed by atoms with Gasteiger partial charge in [-0.25, -0.2) is 0 Å². The second kappa shape index (κ2) is 5.01.